The van der Waals surface area contributed by atoms with E-state index in [0.29, 0.717) is 12.8 Å². The Morgan fingerprint density at radius 1 is 0.317 bits per heavy atom. The molecule has 0 aromatic heterocycles. The molecule has 0 aliphatic rings. The zero-order valence-corrected chi connectivity index (χ0v) is 41.3. The van der Waals surface area contributed by atoms with Crippen molar-refractivity contribution in [3.63, 3.8) is 0 Å². The Morgan fingerprint density at radius 3 is 0.905 bits per heavy atom. The van der Waals surface area contributed by atoms with Crippen LogP contribution in [0.4, 0.5) is 0 Å². The van der Waals surface area contributed by atoms with E-state index >= 15 is 0 Å². The highest BCUT2D eigenvalue weighted by atomic mass is 16.6. The molecule has 0 saturated heterocycles. The van der Waals surface area contributed by atoms with Gasteiger partial charge in [0.1, 0.15) is 13.2 Å². The van der Waals surface area contributed by atoms with Crippen LogP contribution in [0.25, 0.3) is 0 Å². The smallest absolute Gasteiger partial charge is 0.306 e. The highest BCUT2D eigenvalue weighted by molar-refractivity contribution is 5.71. The number of hydrogen-bond donors (Lipinski definition) is 0. The number of hydrogen-bond acceptors (Lipinski definition) is 6. The number of carbonyl (C=O) groups is 3. The Labute approximate surface area is 389 Å². The third-order valence-electron chi connectivity index (χ3n) is 11.2. The van der Waals surface area contributed by atoms with Gasteiger partial charge in [0.05, 0.1) is 0 Å². The third kappa shape index (κ3) is 49.7. The van der Waals surface area contributed by atoms with E-state index in [9.17, 15) is 14.4 Å². The molecule has 0 heterocycles. The van der Waals surface area contributed by atoms with E-state index in [0.717, 1.165) is 96.3 Å². The summed E-state index contributed by atoms with van der Waals surface area (Å²) < 4.78 is 16.7. The van der Waals surface area contributed by atoms with E-state index in [1.54, 1.807) is 0 Å². The van der Waals surface area contributed by atoms with Crippen molar-refractivity contribution in [3.8, 4) is 0 Å². The highest BCUT2D eigenvalue weighted by Gasteiger charge is 2.19. The van der Waals surface area contributed by atoms with E-state index in [1.807, 2.05) is 0 Å². The summed E-state index contributed by atoms with van der Waals surface area (Å²) in [4.78, 5) is 38.0. The number of ether oxygens (including phenoxy) is 3. The van der Waals surface area contributed by atoms with Crippen molar-refractivity contribution < 1.29 is 28.6 Å². The Hall–Kier alpha value is -3.15. The Kier molecular flexibility index (Phi) is 48.9. The van der Waals surface area contributed by atoms with Gasteiger partial charge >= 0.3 is 17.9 Å². The lowest BCUT2D eigenvalue weighted by Crippen LogP contribution is -2.30. The molecule has 0 aliphatic heterocycles. The first-order chi connectivity index (χ1) is 31.0. The van der Waals surface area contributed by atoms with E-state index in [1.165, 1.54) is 116 Å². The molecule has 0 fully saturated rings. The summed E-state index contributed by atoms with van der Waals surface area (Å²) in [6.07, 6.45) is 64.6. The minimum Gasteiger partial charge on any atom is -0.462 e. The van der Waals surface area contributed by atoms with Crippen LogP contribution in [0.1, 0.15) is 252 Å². The van der Waals surface area contributed by atoms with Crippen molar-refractivity contribution in [2.75, 3.05) is 13.2 Å². The van der Waals surface area contributed by atoms with Crippen LogP contribution < -0.4 is 0 Å². The van der Waals surface area contributed by atoms with Crippen molar-refractivity contribution >= 4 is 17.9 Å². The first-order valence-electron chi connectivity index (χ1n) is 26.4. The van der Waals surface area contributed by atoms with Gasteiger partial charge in [0, 0.05) is 19.3 Å². The normalized spacial score (nSPS) is 12.2. The van der Waals surface area contributed by atoms with E-state index < -0.39 is 6.10 Å². The van der Waals surface area contributed by atoms with Crippen molar-refractivity contribution in [2.24, 2.45) is 0 Å². The molecule has 0 atom stereocenters. The van der Waals surface area contributed by atoms with Gasteiger partial charge in [0.2, 0.25) is 0 Å². The van der Waals surface area contributed by atoms with E-state index in [4.69, 9.17) is 14.2 Å². The molecule has 0 rings (SSSR count). The molecular formula is C57H98O6. The summed E-state index contributed by atoms with van der Waals surface area (Å²) in [5.74, 6) is -0.997. The average Bonchev–Trinajstić information content (AvgIpc) is 3.28. The van der Waals surface area contributed by atoms with Crippen LogP contribution in [0.2, 0.25) is 0 Å². The Bertz CT molecular complexity index is 1130. The minimum absolute atomic E-state index is 0.112. The second kappa shape index (κ2) is 51.5. The molecule has 0 radical (unpaired) electrons. The monoisotopic (exact) mass is 879 g/mol. The Balaban J connectivity index is 4.52. The van der Waals surface area contributed by atoms with Gasteiger partial charge in [-0.2, -0.15) is 0 Å². The van der Waals surface area contributed by atoms with Crippen molar-refractivity contribution in [2.45, 2.75) is 258 Å². The number of allylic oxidation sites excluding steroid dienone is 12. The molecule has 0 bridgehead atoms. The maximum atomic E-state index is 12.8. The summed E-state index contributed by atoms with van der Waals surface area (Å²) in [7, 11) is 0. The van der Waals surface area contributed by atoms with Gasteiger partial charge in [0.15, 0.2) is 6.10 Å². The first-order valence-corrected chi connectivity index (χ1v) is 26.4. The molecular weight excluding hydrogens is 781 g/mol. The molecule has 0 aromatic carbocycles. The number of esters is 3. The fourth-order valence-corrected chi connectivity index (χ4v) is 7.12. The van der Waals surface area contributed by atoms with Gasteiger partial charge in [-0.3, -0.25) is 14.4 Å². The highest BCUT2D eigenvalue weighted by Crippen LogP contribution is 2.12. The van der Waals surface area contributed by atoms with Crippen molar-refractivity contribution in [1.82, 2.24) is 0 Å². The average molecular weight is 879 g/mol. The number of unbranched alkanes of at least 4 members (excludes halogenated alkanes) is 24. The van der Waals surface area contributed by atoms with Gasteiger partial charge in [-0.25, -0.2) is 0 Å². The lowest BCUT2D eigenvalue weighted by Gasteiger charge is -2.18. The SMILES string of the molecule is CCCCCCC/C=C\C/C=C\CCCCCC(=O)OC(COC(=O)CCCC/C=C\C/C=C\CCCCCCCC)COC(=O)CCCC/C=C\C/C=C\CCCCCCCC. The van der Waals surface area contributed by atoms with Crippen LogP contribution >= 0.6 is 0 Å². The van der Waals surface area contributed by atoms with Crippen molar-refractivity contribution in [3.05, 3.63) is 72.9 Å². The second-order valence-electron chi connectivity index (χ2n) is 17.4. The predicted octanol–water partition coefficient (Wildman–Crippen LogP) is 17.4. The van der Waals surface area contributed by atoms with Crippen molar-refractivity contribution in [1.29, 1.82) is 0 Å². The van der Waals surface area contributed by atoms with Crippen LogP contribution in [-0.4, -0.2) is 37.2 Å². The second-order valence-corrected chi connectivity index (χ2v) is 17.4. The molecule has 0 spiro atoms. The van der Waals surface area contributed by atoms with Crippen LogP contribution in [0.5, 0.6) is 0 Å². The zero-order chi connectivity index (χ0) is 45.8. The predicted molar refractivity (Wildman–Crippen MR) is 270 cm³/mol. The molecule has 0 amide bonds. The van der Waals surface area contributed by atoms with E-state index in [2.05, 4.69) is 93.7 Å². The zero-order valence-electron chi connectivity index (χ0n) is 41.3. The number of carbonyl (C=O) groups excluding carboxylic acids is 3. The summed E-state index contributed by atoms with van der Waals surface area (Å²) in [5.41, 5.74) is 0. The Morgan fingerprint density at radius 2 is 0.571 bits per heavy atom. The molecule has 0 saturated carbocycles. The summed E-state index contributed by atoms with van der Waals surface area (Å²) in [6.45, 7) is 6.53. The molecule has 0 aliphatic carbocycles. The van der Waals surface area contributed by atoms with Crippen LogP contribution in [-0.2, 0) is 28.6 Å². The fourth-order valence-electron chi connectivity index (χ4n) is 7.12. The lowest BCUT2D eigenvalue weighted by molar-refractivity contribution is -0.167. The molecule has 362 valence electrons. The molecule has 0 N–H and O–H groups in total. The molecule has 0 unspecified atom stereocenters. The van der Waals surface area contributed by atoms with Gasteiger partial charge in [-0.05, 0) is 116 Å². The maximum absolute atomic E-state index is 12.8. The minimum atomic E-state index is -0.813. The van der Waals surface area contributed by atoms with E-state index in [-0.39, 0.29) is 37.5 Å². The number of rotatable bonds is 47. The molecule has 6 heteroatoms. The molecule has 6 nitrogen and oxygen atoms in total. The molecule has 63 heavy (non-hydrogen) atoms. The van der Waals surface area contributed by atoms with Gasteiger partial charge in [-0.15, -0.1) is 0 Å². The summed E-state index contributed by atoms with van der Waals surface area (Å²) in [5, 5.41) is 0. The lowest BCUT2D eigenvalue weighted by atomic mass is 10.1. The van der Waals surface area contributed by atoms with Crippen LogP contribution in [0, 0.1) is 0 Å². The van der Waals surface area contributed by atoms with Crippen LogP contribution in [0.3, 0.4) is 0 Å². The quantitative estimate of drug-likeness (QED) is 0.0262. The molecule has 0 aromatic rings. The fraction of sp³-hybridized carbons (Fsp3) is 0.737. The summed E-state index contributed by atoms with van der Waals surface area (Å²) in [6, 6.07) is 0. The van der Waals surface area contributed by atoms with Gasteiger partial charge in [0.25, 0.3) is 0 Å². The largest absolute Gasteiger partial charge is 0.462 e. The maximum Gasteiger partial charge on any atom is 0.306 e. The van der Waals surface area contributed by atoms with Gasteiger partial charge in [-0.1, -0.05) is 190 Å². The van der Waals surface area contributed by atoms with Gasteiger partial charge < -0.3 is 14.2 Å². The third-order valence-corrected chi connectivity index (χ3v) is 11.2. The first kappa shape index (κ1) is 59.9. The standard InChI is InChI=1S/C57H98O6/c1-4-7-10-13-16-19-22-25-28-31-34-37-40-43-46-49-55(58)61-52-54(63-57(60)51-48-45-42-39-36-33-30-27-24-21-18-15-12-9-6-3)53-62-56(59)50-47-44-41-38-35-32-29-26-23-20-17-14-11-8-5-2/h24-29,33-38,54H,4-23,30-32,39-53H2,1-3H3/b27-24-,28-25-,29-26-,36-33-,37-34-,38-35-. The van der Waals surface area contributed by atoms with Crippen LogP contribution in [0.15, 0.2) is 72.9 Å². The summed E-state index contributed by atoms with van der Waals surface area (Å²) >= 11 is 0. The topological polar surface area (TPSA) is 78.9 Å².